The van der Waals surface area contributed by atoms with Crippen LogP contribution in [0.25, 0.3) is 0 Å². The maximum absolute atomic E-state index is 6.31. The second-order valence-corrected chi connectivity index (χ2v) is 5.32. The third kappa shape index (κ3) is 4.36. The Balaban J connectivity index is 2.82. The average Bonchev–Trinajstić information content (AvgIpc) is 2.82. The van der Waals surface area contributed by atoms with Crippen molar-refractivity contribution in [3.8, 4) is 0 Å². The Kier molecular flexibility index (Phi) is 7.35. The fourth-order valence-electron chi connectivity index (χ4n) is 2.66. The van der Waals surface area contributed by atoms with Gasteiger partial charge in [-0.2, -0.15) is 0 Å². The monoisotopic (exact) mass is 275 g/mol. The summed E-state index contributed by atoms with van der Waals surface area (Å²) in [5, 5.41) is 0. The highest BCUT2D eigenvalue weighted by Gasteiger charge is 2.24. The lowest BCUT2D eigenvalue weighted by molar-refractivity contribution is 0.103. The Morgan fingerprint density at radius 2 is 2.10 bits per heavy atom. The molecule has 0 N–H and O–H groups in total. The minimum Gasteiger partial charge on any atom is -0.490 e. The summed E-state index contributed by atoms with van der Waals surface area (Å²) in [5.74, 6) is 1.47. The molecule has 2 heteroatoms. The molecular weight excluding hydrogens is 246 g/mol. The molecule has 0 fully saturated rings. The molecule has 2 atom stereocenters. The Labute approximate surface area is 124 Å². The quantitative estimate of drug-likeness (QED) is 0.447. The van der Waals surface area contributed by atoms with E-state index in [-0.39, 0.29) is 6.10 Å². The topological polar surface area (TPSA) is 21.6 Å². The van der Waals surface area contributed by atoms with Crippen LogP contribution in [-0.4, -0.2) is 19.4 Å². The zero-order valence-corrected chi connectivity index (χ0v) is 13.5. The van der Waals surface area contributed by atoms with E-state index in [0.29, 0.717) is 5.92 Å². The fraction of sp³-hybridized carbons (Fsp3) is 0.611. The van der Waals surface area contributed by atoms with Gasteiger partial charge in [0.25, 0.3) is 0 Å². The molecule has 0 saturated carbocycles. The minimum absolute atomic E-state index is 0.139. The average molecular weight is 275 g/mol. The molecule has 2 unspecified atom stereocenters. The highest BCUT2D eigenvalue weighted by molar-refractivity contribution is 5.57. The Morgan fingerprint density at radius 1 is 1.35 bits per heavy atom. The molecule has 20 heavy (non-hydrogen) atoms. The number of aliphatic imine (C=N–C) groups is 1. The van der Waals surface area contributed by atoms with Gasteiger partial charge in [0.15, 0.2) is 0 Å². The van der Waals surface area contributed by atoms with Crippen molar-refractivity contribution in [1.82, 2.24) is 0 Å². The first-order valence-electron chi connectivity index (χ1n) is 7.79. The van der Waals surface area contributed by atoms with Crippen molar-refractivity contribution in [2.75, 3.05) is 7.05 Å². The molecule has 0 aromatic heterocycles. The molecule has 0 spiro atoms. The summed E-state index contributed by atoms with van der Waals surface area (Å²) in [6.45, 7) is 10.5. The lowest BCUT2D eigenvalue weighted by Crippen LogP contribution is -2.19. The van der Waals surface area contributed by atoms with E-state index in [9.17, 15) is 0 Å². The van der Waals surface area contributed by atoms with Crippen LogP contribution in [0, 0.1) is 5.92 Å². The van der Waals surface area contributed by atoms with Gasteiger partial charge < -0.3 is 9.73 Å². The molecule has 0 heterocycles. The molecule has 2 nitrogen and oxygen atoms in total. The molecule has 1 aliphatic carbocycles. The van der Waals surface area contributed by atoms with Crippen molar-refractivity contribution in [2.45, 2.75) is 59.0 Å². The van der Waals surface area contributed by atoms with Gasteiger partial charge in [0.2, 0.25) is 0 Å². The maximum atomic E-state index is 6.31. The summed E-state index contributed by atoms with van der Waals surface area (Å²) in [7, 11) is 1.81. The Bertz CT molecular complexity index is 404. The molecule has 0 saturated heterocycles. The first-order valence-corrected chi connectivity index (χ1v) is 7.79. The predicted molar refractivity (Wildman–Crippen MR) is 88.2 cm³/mol. The van der Waals surface area contributed by atoms with Gasteiger partial charge in [-0.15, -0.1) is 6.58 Å². The van der Waals surface area contributed by atoms with Crippen LogP contribution < -0.4 is 0 Å². The zero-order valence-electron chi connectivity index (χ0n) is 13.5. The second kappa shape index (κ2) is 8.78. The number of rotatable bonds is 8. The highest BCUT2D eigenvalue weighted by Crippen LogP contribution is 2.36. The fourth-order valence-corrected chi connectivity index (χ4v) is 2.66. The summed E-state index contributed by atoms with van der Waals surface area (Å²) in [6, 6.07) is 0. The van der Waals surface area contributed by atoms with Gasteiger partial charge in [-0.3, -0.25) is 0 Å². The zero-order chi connectivity index (χ0) is 15.0. The van der Waals surface area contributed by atoms with E-state index in [1.165, 1.54) is 11.1 Å². The lowest BCUT2D eigenvalue weighted by Gasteiger charge is -2.23. The number of ether oxygens (including phenoxy) is 1. The third-order valence-electron chi connectivity index (χ3n) is 3.96. The standard InChI is InChI=1S/C18H29NO/c1-6-9-17-11-10-16(8-3)18(17)20-14(4)15(7-2)12-13-19-5/h7,9,13-15H,2,6,8,10-12H2,1,3-5H3/b17-9+,19-13?. The number of nitrogens with zero attached hydrogens (tertiary/aromatic N) is 1. The maximum Gasteiger partial charge on any atom is 0.121 e. The smallest absolute Gasteiger partial charge is 0.121 e. The molecule has 112 valence electrons. The van der Waals surface area contributed by atoms with Crippen LogP contribution in [0.3, 0.4) is 0 Å². The van der Waals surface area contributed by atoms with E-state index < -0.39 is 0 Å². The molecular formula is C18H29NO. The van der Waals surface area contributed by atoms with Gasteiger partial charge in [0, 0.05) is 13.0 Å². The third-order valence-corrected chi connectivity index (χ3v) is 3.96. The van der Waals surface area contributed by atoms with Crippen LogP contribution >= 0.6 is 0 Å². The molecule has 1 aliphatic rings. The molecule has 0 aromatic rings. The van der Waals surface area contributed by atoms with E-state index >= 15 is 0 Å². The second-order valence-electron chi connectivity index (χ2n) is 5.32. The first-order chi connectivity index (χ1) is 9.67. The summed E-state index contributed by atoms with van der Waals surface area (Å²) in [4.78, 5) is 4.06. The van der Waals surface area contributed by atoms with Crippen molar-refractivity contribution < 1.29 is 4.74 Å². The van der Waals surface area contributed by atoms with E-state index in [0.717, 1.165) is 37.9 Å². The SMILES string of the molecule is C=CC(CC=NC)C(C)OC1=C(CC)CC/C1=C\CC. The normalized spacial score (nSPS) is 20.7. The predicted octanol–water partition coefficient (Wildman–Crippen LogP) is 5.08. The van der Waals surface area contributed by atoms with Crippen molar-refractivity contribution in [1.29, 1.82) is 0 Å². The largest absolute Gasteiger partial charge is 0.490 e. The van der Waals surface area contributed by atoms with E-state index in [2.05, 4.69) is 38.4 Å². The molecule has 0 bridgehead atoms. The Morgan fingerprint density at radius 3 is 2.65 bits per heavy atom. The van der Waals surface area contributed by atoms with Crippen LogP contribution in [0.1, 0.15) is 52.9 Å². The molecule has 0 radical (unpaired) electrons. The summed E-state index contributed by atoms with van der Waals surface area (Å²) >= 11 is 0. The molecule has 0 aromatic carbocycles. The van der Waals surface area contributed by atoms with Crippen molar-refractivity contribution in [3.05, 3.63) is 35.6 Å². The molecule has 1 rings (SSSR count). The van der Waals surface area contributed by atoms with Crippen LogP contribution in [-0.2, 0) is 4.74 Å². The summed E-state index contributed by atoms with van der Waals surface area (Å²) in [5.41, 5.74) is 2.85. The van der Waals surface area contributed by atoms with E-state index in [1.807, 2.05) is 19.3 Å². The lowest BCUT2D eigenvalue weighted by atomic mass is 10.00. The van der Waals surface area contributed by atoms with Crippen molar-refractivity contribution in [3.63, 3.8) is 0 Å². The van der Waals surface area contributed by atoms with Crippen LogP contribution in [0.5, 0.6) is 0 Å². The van der Waals surface area contributed by atoms with Gasteiger partial charge in [-0.25, -0.2) is 0 Å². The number of hydrogen-bond donors (Lipinski definition) is 0. The summed E-state index contributed by atoms with van der Waals surface area (Å²) < 4.78 is 6.31. The van der Waals surface area contributed by atoms with Crippen LogP contribution in [0.15, 0.2) is 40.6 Å². The Hall–Kier alpha value is -1.31. The summed E-state index contributed by atoms with van der Waals surface area (Å²) in [6.07, 6.45) is 11.7. The molecule has 0 amide bonds. The van der Waals surface area contributed by atoms with E-state index in [4.69, 9.17) is 4.74 Å². The van der Waals surface area contributed by atoms with Crippen LogP contribution in [0.2, 0.25) is 0 Å². The van der Waals surface area contributed by atoms with Crippen LogP contribution in [0.4, 0.5) is 0 Å². The van der Waals surface area contributed by atoms with E-state index in [1.54, 1.807) is 0 Å². The first kappa shape index (κ1) is 16.7. The van der Waals surface area contributed by atoms with Gasteiger partial charge in [-0.05, 0) is 56.4 Å². The van der Waals surface area contributed by atoms with Gasteiger partial charge >= 0.3 is 0 Å². The van der Waals surface area contributed by atoms with Crippen molar-refractivity contribution >= 4 is 6.21 Å². The minimum atomic E-state index is 0.139. The number of hydrogen-bond acceptors (Lipinski definition) is 2. The van der Waals surface area contributed by atoms with Gasteiger partial charge in [0.1, 0.15) is 11.9 Å². The van der Waals surface area contributed by atoms with Crippen molar-refractivity contribution in [2.24, 2.45) is 10.9 Å². The van der Waals surface area contributed by atoms with Gasteiger partial charge in [-0.1, -0.05) is 26.0 Å². The molecule has 0 aliphatic heterocycles. The van der Waals surface area contributed by atoms with Gasteiger partial charge in [0.05, 0.1) is 0 Å². The highest BCUT2D eigenvalue weighted by atomic mass is 16.5. The number of allylic oxidation sites excluding steroid dienone is 3.